The van der Waals surface area contributed by atoms with Gasteiger partial charge in [0.1, 0.15) is 5.69 Å². The van der Waals surface area contributed by atoms with E-state index >= 15 is 0 Å². The molecule has 0 N–H and O–H groups in total. The minimum Gasteiger partial charge on any atom is -0.336 e. The average molecular weight is 331 g/mol. The van der Waals surface area contributed by atoms with Crippen LogP contribution in [0.25, 0.3) is 0 Å². The molecular weight excluding hydrogens is 320 g/mol. The van der Waals surface area contributed by atoms with E-state index in [4.69, 9.17) is 0 Å². The van der Waals surface area contributed by atoms with Crippen LogP contribution in [0.4, 0.5) is 0 Å². The fraction of sp³-hybridized carbons (Fsp3) is 0.273. The third kappa shape index (κ3) is 3.14. The molecular formula is C11H11BrN2OS2. The van der Waals surface area contributed by atoms with Crippen LogP contribution < -0.4 is 0 Å². The second-order valence-corrected chi connectivity index (χ2v) is 7.02. The van der Waals surface area contributed by atoms with E-state index in [1.807, 2.05) is 18.4 Å². The molecule has 0 aromatic carbocycles. The Balaban J connectivity index is 2.05. The van der Waals surface area contributed by atoms with Crippen LogP contribution in [0.2, 0.25) is 0 Å². The van der Waals surface area contributed by atoms with E-state index in [1.165, 1.54) is 11.3 Å². The van der Waals surface area contributed by atoms with Gasteiger partial charge in [-0.05, 0) is 39.9 Å². The third-order valence-corrected chi connectivity index (χ3v) is 4.55. The first-order valence-corrected chi connectivity index (χ1v) is 7.52. The normalized spacial score (nSPS) is 10.5. The van der Waals surface area contributed by atoms with E-state index < -0.39 is 0 Å². The summed E-state index contributed by atoms with van der Waals surface area (Å²) in [5, 5.41) is 4.76. The molecule has 1 amide bonds. The van der Waals surface area contributed by atoms with Crippen LogP contribution >= 0.6 is 38.6 Å². The van der Waals surface area contributed by atoms with Gasteiger partial charge < -0.3 is 4.90 Å². The Morgan fingerprint density at radius 3 is 2.76 bits per heavy atom. The monoisotopic (exact) mass is 330 g/mol. The van der Waals surface area contributed by atoms with Crippen LogP contribution in [0.1, 0.15) is 21.1 Å². The Hall–Kier alpha value is -0.720. The quantitative estimate of drug-likeness (QED) is 0.862. The molecule has 0 aliphatic carbocycles. The number of carbonyl (C=O) groups excluding carboxylic acids is 1. The number of aryl methyl sites for hydroxylation is 1. The molecule has 0 aliphatic heterocycles. The van der Waals surface area contributed by atoms with Crippen LogP contribution in [0, 0.1) is 6.92 Å². The zero-order chi connectivity index (χ0) is 12.4. The third-order valence-electron chi connectivity index (χ3n) is 2.23. The molecule has 17 heavy (non-hydrogen) atoms. The van der Waals surface area contributed by atoms with Crippen molar-refractivity contribution in [3.05, 3.63) is 36.9 Å². The van der Waals surface area contributed by atoms with Gasteiger partial charge in [0.05, 0.1) is 8.79 Å². The van der Waals surface area contributed by atoms with Gasteiger partial charge in [-0.15, -0.1) is 22.7 Å². The van der Waals surface area contributed by atoms with Crippen molar-refractivity contribution in [1.29, 1.82) is 0 Å². The van der Waals surface area contributed by atoms with Crippen molar-refractivity contribution < 1.29 is 4.79 Å². The van der Waals surface area contributed by atoms with E-state index in [0.29, 0.717) is 12.2 Å². The number of rotatable bonds is 3. The van der Waals surface area contributed by atoms with Crippen molar-refractivity contribution >= 4 is 44.5 Å². The zero-order valence-electron chi connectivity index (χ0n) is 9.44. The van der Waals surface area contributed by atoms with Crippen molar-refractivity contribution in [3.8, 4) is 0 Å². The molecule has 0 saturated heterocycles. The van der Waals surface area contributed by atoms with Gasteiger partial charge in [0, 0.05) is 19.0 Å². The lowest BCUT2D eigenvalue weighted by Crippen LogP contribution is -2.26. The van der Waals surface area contributed by atoms with E-state index in [0.717, 1.165) is 14.4 Å². The lowest BCUT2D eigenvalue weighted by Gasteiger charge is -2.14. The maximum absolute atomic E-state index is 12.0. The maximum atomic E-state index is 12.0. The summed E-state index contributed by atoms with van der Waals surface area (Å²) in [4.78, 5) is 17.9. The summed E-state index contributed by atoms with van der Waals surface area (Å²) < 4.78 is 1.08. The molecule has 3 nitrogen and oxygen atoms in total. The highest BCUT2D eigenvalue weighted by atomic mass is 79.9. The SMILES string of the molecule is Cc1nc(C(=O)N(C)Cc2csc(Br)c2)cs1. The van der Waals surface area contributed by atoms with Crippen molar-refractivity contribution in [3.63, 3.8) is 0 Å². The van der Waals surface area contributed by atoms with Crippen molar-refractivity contribution in [1.82, 2.24) is 9.88 Å². The lowest BCUT2D eigenvalue weighted by molar-refractivity contribution is 0.0780. The Bertz CT molecular complexity index is 535. The summed E-state index contributed by atoms with van der Waals surface area (Å²) in [6.45, 7) is 2.51. The van der Waals surface area contributed by atoms with E-state index in [9.17, 15) is 4.79 Å². The smallest absolute Gasteiger partial charge is 0.273 e. The molecule has 0 unspecified atom stereocenters. The Labute approximate surface area is 116 Å². The van der Waals surface area contributed by atoms with E-state index in [2.05, 4.69) is 20.9 Å². The molecule has 6 heteroatoms. The number of nitrogens with zero attached hydrogens (tertiary/aromatic N) is 2. The number of carbonyl (C=O) groups is 1. The van der Waals surface area contributed by atoms with Crippen LogP contribution in [0.3, 0.4) is 0 Å². The molecule has 2 heterocycles. The molecule has 0 fully saturated rings. The van der Waals surface area contributed by atoms with Gasteiger partial charge in [-0.3, -0.25) is 4.79 Å². The molecule has 0 radical (unpaired) electrons. The van der Waals surface area contributed by atoms with Crippen LogP contribution in [-0.4, -0.2) is 22.8 Å². The summed E-state index contributed by atoms with van der Waals surface area (Å²) in [5.41, 5.74) is 1.66. The topological polar surface area (TPSA) is 33.2 Å². The van der Waals surface area contributed by atoms with Gasteiger partial charge in [-0.2, -0.15) is 0 Å². The van der Waals surface area contributed by atoms with Gasteiger partial charge in [-0.1, -0.05) is 0 Å². The molecule has 0 saturated carbocycles. The summed E-state index contributed by atoms with van der Waals surface area (Å²) >= 11 is 6.53. The van der Waals surface area contributed by atoms with Gasteiger partial charge >= 0.3 is 0 Å². The first-order valence-electron chi connectivity index (χ1n) is 4.97. The number of hydrogen-bond acceptors (Lipinski definition) is 4. The number of hydrogen-bond donors (Lipinski definition) is 0. The summed E-state index contributed by atoms with van der Waals surface area (Å²) in [6, 6.07) is 2.03. The van der Waals surface area contributed by atoms with E-state index in [-0.39, 0.29) is 5.91 Å². The maximum Gasteiger partial charge on any atom is 0.273 e. The molecule has 0 aliphatic rings. The van der Waals surface area contributed by atoms with Crippen molar-refractivity contribution in [2.45, 2.75) is 13.5 Å². The number of halogens is 1. The lowest BCUT2D eigenvalue weighted by atomic mass is 10.3. The Kier molecular flexibility index (Phi) is 3.96. The van der Waals surface area contributed by atoms with Gasteiger partial charge in [0.25, 0.3) is 5.91 Å². The molecule has 0 atom stereocenters. The van der Waals surface area contributed by atoms with Crippen LogP contribution in [0.5, 0.6) is 0 Å². The van der Waals surface area contributed by atoms with Gasteiger partial charge in [0.15, 0.2) is 0 Å². The molecule has 90 valence electrons. The van der Waals surface area contributed by atoms with Crippen molar-refractivity contribution in [2.24, 2.45) is 0 Å². The van der Waals surface area contributed by atoms with E-state index in [1.54, 1.807) is 28.7 Å². The Morgan fingerprint density at radius 2 is 2.24 bits per heavy atom. The predicted octanol–water partition coefficient (Wildman–Crippen LogP) is 3.55. The molecule has 2 aromatic rings. The summed E-state index contributed by atoms with van der Waals surface area (Å²) in [6.07, 6.45) is 0. The first kappa shape index (κ1) is 12.7. The molecule has 0 spiro atoms. The number of thiophene rings is 1. The van der Waals surface area contributed by atoms with Gasteiger partial charge in [0.2, 0.25) is 0 Å². The second-order valence-electron chi connectivity index (χ2n) is 3.67. The zero-order valence-corrected chi connectivity index (χ0v) is 12.7. The van der Waals surface area contributed by atoms with Gasteiger partial charge in [-0.25, -0.2) is 4.98 Å². The summed E-state index contributed by atoms with van der Waals surface area (Å²) in [5.74, 6) is -0.0309. The fourth-order valence-corrected chi connectivity index (χ4v) is 3.22. The highest BCUT2D eigenvalue weighted by Crippen LogP contribution is 2.22. The highest BCUT2D eigenvalue weighted by molar-refractivity contribution is 9.11. The minimum absolute atomic E-state index is 0.0309. The second kappa shape index (κ2) is 5.29. The Morgan fingerprint density at radius 1 is 1.47 bits per heavy atom. The minimum atomic E-state index is -0.0309. The largest absolute Gasteiger partial charge is 0.336 e. The fourth-order valence-electron chi connectivity index (χ4n) is 1.43. The molecule has 2 aromatic heterocycles. The molecule has 0 bridgehead atoms. The molecule has 2 rings (SSSR count). The average Bonchev–Trinajstić information content (AvgIpc) is 2.87. The number of amides is 1. The highest BCUT2D eigenvalue weighted by Gasteiger charge is 2.15. The number of aromatic nitrogens is 1. The van der Waals surface area contributed by atoms with Crippen molar-refractivity contribution in [2.75, 3.05) is 7.05 Å². The standard InChI is InChI=1S/C11H11BrN2OS2/c1-7-13-9(6-16-7)11(15)14(2)4-8-3-10(12)17-5-8/h3,5-6H,4H2,1-2H3. The number of thiazole rings is 1. The first-order chi connectivity index (χ1) is 8.06. The van der Waals surface area contributed by atoms with Crippen LogP contribution in [-0.2, 0) is 6.54 Å². The van der Waals surface area contributed by atoms with Crippen LogP contribution in [0.15, 0.2) is 20.6 Å². The summed E-state index contributed by atoms with van der Waals surface area (Å²) in [7, 11) is 1.79. The predicted molar refractivity (Wildman–Crippen MR) is 74.7 cm³/mol.